The number of aliphatic imine (C=N–C) groups is 1. The average molecular weight is 307 g/mol. The van der Waals surface area contributed by atoms with Crippen molar-refractivity contribution in [2.24, 2.45) is 4.99 Å². The Hall–Kier alpha value is -2.39. The van der Waals surface area contributed by atoms with Gasteiger partial charge in [0, 0.05) is 16.7 Å². The Balaban J connectivity index is 1.90. The summed E-state index contributed by atoms with van der Waals surface area (Å²) in [4.78, 5) is 5.55. The van der Waals surface area contributed by atoms with Crippen LogP contribution in [0.4, 0.5) is 5.69 Å². The Morgan fingerprint density at radius 2 is 1.77 bits per heavy atom. The van der Waals surface area contributed by atoms with E-state index in [0.717, 1.165) is 27.3 Å². The van der Waals surface area contributed by atoms with Crippen molar-refractivity contribution in [3.05, 3.63) is 71.3 Å². The summed E-state index contributed by atoms with van der Waals surface area (Å²) in [6.45, 7) is 4.11. The van der Waals surface area contributed by atoms with Crippen LogP contribution in [0.2, 0.25) is 0 Å². The van der Waals surface area contributed by atoms with E-state index in [9.17, 15) is 5.11 Å². The summed E-state index contributed by atoms with van der Waals surface area (Å²) in [5.41, 5.74) is 5.14. The Labute approximate surface area is 134 Å². The van der Waals surface area contributed by atoms with Crippen LogP contribution in [-0.4, -0.2) is 11.3 Å². The van der Waals surface area contributed by atoms with Crippen molar-refractivity contribution in [3.63, 3.8) is 0 Å². The number of thiophene rings is 1. The highest BCUT2D eigenvalue weighted by atomic mass is 32.1. The molecule has 110 valence electrons. The SMILES string of the molecule is Cc1ccc(N=Cc2cc(-c3ccccc3)sc2O)c(C)c1. The molecule has 0 bridgehead atoms. The van der Waals surface area contributed by atoms with E-state index in [2.05, 4.69) is 18.0 Å². The van der Waals surface area contributed by atoms with E-state index in [-0.39, 0.29) is 0 Å². The summed E-state index contributed by atoms with van der Waals surface area (Å²) < 4.78 is 0. The molecular formula is C19H17NOS. The molecule has 0 aliphatic carbocycles. The molecule has 1 aromatic heterocycles. The Kier molecular flexibility index (Phi) is 4.07. The lowest BCUT2D eigenvalue weighted by molar-refractivity contribution is 0.490. The number of aromatic hydroxyl groups is 1. The smallest absolute Gasteiger partial charge is 0.180 e. The zero-order chi connectivity index (χ0) is 15.5. The van der Waals surface area contributed by atoms with E-state index >= 15 is 0 Å². The monoisotopic (exact) mass is 307 g/mol. The molecule has 0 aliphatic rings. The number of hydrogen-bond acceptors (Lipinski definition) is 3. The van der Waals surface area contributed by atoms with Crippen LogP contribution in [0, 0.1) is 13.8 Å². The topological polar surface area (TPSA) is 32.6 Å². The molecule has 3 rings (SSSR count). The predicted molar refractivity (Wildman–Crippen MR) is 94.6 cm³/mol. The quantitative estimate of drug-likeness (QED) is 0.638. The fourth-order valence-electron chi connectivity index (χ4n) is 2.32. The molecule has 1 heterocycles. The summed E-state index contributed by atoms with van der Waals surface area (Å²) in [5.74, 6) is 0. The highest BCUT2D eigenvalue weighted by Crippen LogP contribution is 2.35. The normalized spacial score (nSPS) is 11.2. The van der Waals surface area contributed by atoms with E-state index in [0.29, 0.717) is 5.06 Å². The van der Waals surface area contributed by atoms with Gasteiger partial charge in [-0.25, -0.2) is 0 Å². The van der Waals surface area contributed by atoms with Gasteiger partial charge in [-0.3, -0.25) is 4.99 Å². The second kappa shape index (κ2) is 6.16. The van der Waals surface area contributed by atoms with Crippen molar-refractivity contribution in [1.29, 1.82) is 0 Å². The van der Waals surface area contributed by atoms with Crippen LogP contribution in [0.15, 0.2) is 59.6 Å². The Morgan fingerprint density at radius 3 is 2.50 bits per heavy atom. The predicted octanol–water partition coefficient (Wildman–Crippen LogP) is 5.49. The molecule has 0 aliphatic heterocycles. The maximum Gasteiger partial charge on any atom is 0.180 e. The van der Waals surface area contributed by atoms with Crippen LogP contribution >= 0.6 is 11.3 Å². The number of nitrogens with zero attached hydrogens (tertiary/aromatic N) is 1. The molecule has 0 unspecified atom stereocenters. The molecule has 0 fully saturated rings. The third-order valence-corrected chi connectivity index (χ3v) is 4.50. The van der Waals surface area contributed by atoms with Gasteiger partial charge in [0.15, 0.2) is 5.06 Å². The lowest BCUT2D eigenvalue weighted by atomic mass is 10.1. The van der Waals surface area contributed by atoms with Crippen LogP contribution in [0.25, 0.3) is 10.4 Å². The lowest BCUT2D eigenvalue weighted by Crippen LogP contribution is -1.80. The second-order valence-corrected chi connectivity index (χ2v) is 6.32. The van der Waals surface area contributed by atoms with E-state index in [1.165, 1.54) is 16.9 Å². The number of hydrogen-bond donors (Lipinski definition) is 1. The van der Waals surface area contributed by atoms with Gasteiger partial charge < -0.3 is 5.11 Å². The molecule has 3 heteroatoms. The van der Waals surface area contributed by atoms with Crippen molar-refractivity contribution in [3.8, 4) is 15.5 Å². The summed E-state index contributed by atoms with van der Waals surface area (Å²) in [6.07, 6.45) is 1.73. The van der Waals surface area contributed by atoms with Gasteiger partial charge in [-0.2, -0.15) is 0 Å². The van der Waals surface area contributed by atoms with Gasteiger partial charge in [0.1, 0.15) is 0 Å². The van der Waals surface area contributed by atoms with Crippen LogP contribution in [0.5, 0.6) is 5.06 Å². The molecule has 0 saturated heterocycles. The fraction of sp³-hybridized carbons (Fsp3) is 0.105. The first-order valence-corrected chi connectivity index (χ1v) is 7.94. The minimum Gasteiger partial charge on any atom is -0.499 e. The van der Waals surface area contributed by atoms with Crippen molar-refractivity contribution >= 4 is 23.2 Å². The molecule has 22 heavy (non-hydrogen) atoms. The van der Waals surface area contributed by atoms with Crippen LogP contribution in [0.3, 0.4) is 0 Å². The van der Waals surface area contributed by atoms with Crippen molar-refractivity contribution in [1.82, 2.24) is 0 Å². The van der Waals surface area contributed by atoms with Gasteiger partial charge in [-0.05, 0) is 37.1 Å². The zero-order valence-electron chi connectivity index (χ0n) is 12.6. The second-order valence-electron chi connectivity index (χ2n) is 5.29. The summed E-state index contributed by atoms with van der Waals surface area (Å²) in [6, 6.07) is 18.2. The molecule has 0 radical (unpaired) electrons. The molecule has 3 aromatic rings. The van der Waals surface area contributed by atoms with Crippen molar-refractivity contribution in [2.75, 3.05) is 0 Å². The molecule has 2 nitrogen and oxygen atoms in total. The maximum absolute atomic E-state index is 10.1. The Morgan fingerprint density at radius 1 is 1.00 bits per heavy atom. The molecular weight excluding hydrogens is 290 g/mol. The fourth-order valence-corrected chi connectivity index (χ4v) is 3.20. The van der Waals surface area contributed by atoms with Crippen molar-refractivity contribution < 1.29 is 5.11 Å². The molecule has 1 N–H and O–H groups in total. The third kappa shape index (κ3) is 3.10. The first-order chi connectivity index (χ1) is 10.6. The number of rotatable bonds is 3. The third-order valence-electron chi connectivity index (χ3n) is 3.49. The molecule has 0 spiro atoms. The lowest BCUT2D eigenvalue weighted by Gasteiger charge is -2.00. The van der Waals surface area contributed by atoms with Gasteiger partial charge in [0.25, 0.3) is 0 Å². The van der Waals surface area contributed by atoms with Gasteiger partial charge in [0.2, 0.25) is 0 Å². The van der Waals surface area contributed by atoms with Gasteiger partial charge in [0.05, 0.1) is 5.69 Å². The first-order valence-electron chi connectivity index (χ1n) is 7.13. The minimum absolute atomic E-state index is 0.298. The van der Waals surface area contributed by atoms with E-state index in [4.69, 9.17) is 0 Å². The highest BCUT2D eigenvalue weighted by molar-refractivity contribution is 7.17. The Bertz CT molecular complexity index is 819. The maximum atomic E-state index is 10.1. The summed E-state index contributed by atoms with van der Waals surface area (Å²) in [7, 11) is 0. The van der Waals surface area contributed by atoms with Crippen LogP contribution in [0.1, 0.15) is 16.7 Å². The summed E-state index contributed by atoms with van der Waals surface area (Å²) in [5, 5.41) is 10.4. The van der Waals surface area contributed by atoms with E-state index in [1.54, 1.807) is 6.21 Å². The van der Waals surface area contributed by atoms with Gasteiger partial charge in [-0.1, -0.05) is 59.4 Å². The first kappa shape index (κ1) is 14.5. The number of aryl methyl sites for hydroxylation is 2. The van der Waals surface area contributed by atoms with Gasteiger partial charge in [-0.15, -0.1) is 0 Å². The molecule has 0 saturated carbocycles. The highest BCUT2D eigenvalue weighted by Gasteiger charge is 2.08. The largest absolute Gasteiger partial charge is 0.499 e. The van der Waals surface area contributed by atoms with E-state index < -0.39 is 0 Å². The van der Waals surface area contributed by atoms with Gasteiger partial charge >= 0.3 is 0 Å². The molecule has 2 aromatic carbocycles. The number of benzene rings is 2. The minimum atomic E-state index is 0.298. The van der Waals surface area contributed by atoms with Crippen LogP contribution < -0.4 is 0 Å². The molecule has 0 atom stereocenters. The van der Waals surface area contributed by atoms with Crippen molar-refractivity contribution in [2.45, 2.75) is 13.8 Å². The standard InChI is InChI=1S/C19H17NOS/c1-13-8-9-17(14(2)10-13)20-12-16-11-18(22-19(16)21)15-6-4-3-5-7-15/h3-12,21H,1-2H3. The zero-order valence-corrected chi connectivity index (χ0v) is 13.4. The van der Waals surface area contributed by atoms with Crippen LogP contribution in [-0.2, 0) is 0 Å². The molecule has 0 amide bonds. The van der Waals surface area contributed by atoms with E-state index in [1.807, 2.05) is 55.5 Å². The average Bonchev–Trinajstić information content (AvgIpc) is 2.88. The summed E-state index contributed by atoms with van der Waals surface area (Å²) >= 11 is 1.37.